The number of hydrogen-bond donors (Lipinski definition) is 1. The number of nitrogens with one attached hydrogen (secondary N) is 1. The van der Waals surface area contributed by atoms with Crippen molar-refractivity contribution in [1.82, 2.24) is 14.1 Å². The van der Waals surface area contributed by atoms with Crippen LogP contribution < -0.4 is 4.72 Å². The molecule has 0 unspecified atom stereocenters. The average Bonchev–Trinajstić information content (AvgIpc) is 2.34. The van der Waals surface area contributed by atoms with Gasteiger partial charge in [-0.05, 0) is 0 Å². The lowest BCUT2D eigenvalue weighted by molar-refractivity contribution is 0.527. The van der Waals surface area contributed by atoms with Crippen molar-refractivity contribution in [2.45, 2.75) is 0 Å². The van der Waals surface area contributed by atoms with E-state index in [1.165, 1.54) is 25.0 Å². The fourth-order valence-corrected chi connectivity index (χ4v) is 1.30. The van der Waals surface area contributed by atoms with Crippen LogP contribution in [0.2, 0.25) is 0 Å². The minimum absolute atomic E-state index is 0.455. The Balaban J connectivity index is 2.81. The third-order valence-electron chi connectivity index (χ3n) is 1.43. The molecule has 74 valence electrons. The molecule has 7 heteroatoms. The van der Waals surface area contributed by atoms with Crippen molar-refractivity contribution in [3.63, 3.8) is 0 Å². The predicted octanol–water partition coefficient (Wildman–Crippen LogP) is -0.362. The monoisotopic (exact) mass is 204 g/mol. The van der Waals surface area contributed by atoms with E-state index in [-0.39, 0.29) is 0 Å². The lowest BCUT2D eigenvalue weighted by Gasteiger charge is -2.11. The first-order valence-electron chi connectivity index (χ1n) is 3.61. The van der Waals surface area contributed by atoms with E-state index >= 15 is 0 Å². The molecule has 1 aromatic heterocycles. The number of aromatic nitrogens is 2. The van der Waals surface area contributed by atoms with Crippen molar-refractivity contribution in [2.24, 2.45) is 7.05 Å². The molecule has 13 heavy (non-hydrogen) atoms. The molecule has 1 N–H and O–H groups in total. The highest BCUT2D eigenvalue weighted by Crippen LogP contribution is 2.07. The van der Waals surface area contributed by atoms with Crippen LogP contribution in [0.5, 0.6) is 0 Å². The van der Waals surface area contributed by atoms with E-state index in [2.05, 4.69) is 9.82 Å². The van der Waals surface area contributed by atoms with Crippen LogP contribution in [0.3, 0.4) is 0 Å². The third-order valence-corrected chi connectivity index (χ3v) is 2.89. The smallest absolute Gasteiger partial charge is 0.274 e. The summed E-state index contributed by atoms with van der Waals surface area (Å²) in [7, 11) is 1.22. The Morgan fingerprint density at radius 2 is 2.15 bits per heavy atom. The summed E-state index contributed by atoms with van der Waals surface area (Å²) in [5.74, 6) is 0. The maximum Gasteiger partial charge on any atom is 0.301 e. The van der Waals surface area contributed by atoms with Gasteiger partial charge in [0.1, 0.15) is 0 Å². The van der Waals surface area contributed by atoms with Crippen molar-refractivity contribution in [2.75, 3.05) is 18.8 Å². The summed E-state index contributed by atoms with van der Waals surface area (Å²) in [6.45, 7) is 0. The summed E-state index contributed by atoms with van der Waals surface area (Å²) in [5, 5.41) is 3.83. The molecular formula is C6H12N4O2S. The van der Waals surface area contributed by atoms with Gasteiger partial charge in [0.2, 0.25) is 0 Å². The van der Waals surface area contributed by atoms with Gasteiger partial charge >= 0.3 is 10.2 Å². The van der Waals surface area contributed by atoms with E-state index in [1.807, 2.05) is 0 Å². The molecule has 0 amide bonds. The molecule has 6 nitrogen and oxygen atoms in total. The van der Waals surface area contributed by atoms with Crippen molar-refractivity contribution in [3.8, 4) is 0 Å². The van der Waals surface area contributed by atoms with Gasteiger partial charge in [0.25, 0.3) is 0 Å². The molecule has 0 aliphatic rings. The largest absolute Gasteiger partial charge is 0.301 e. The standard InChI is InChI=1S/C6H12N4O2S/c1-9(2)13(11,12)8-6-4-7-10(3)5-6/h4-5,8H,1-3H3. The molecule has 0 aromatic carbocycles. The zero-order chi connectivity index (χ0) is 10.1. The molecule has 0 saturated carbocycles. The summed E-state index contributed by atoms with van der Waals surface area (Å²) in [6, 6.07) is 0. The van der Waals surface area contributed by atoms with E-state index in [0.29, 0.717) is 5.69 Å². The van der Waals surface area contributed by atoms with Crippen LogP contribution in [0.15, 0.2) is 12.4 Å². The normalized spacial score (nSPS) is 12.0. The number of anilines is 1. The molecule has 0 atom stereocenters. The fraction of sp³-hybridized carbons (Fsp3) is 0.500. The first-order chi connectivity index (χ1) is 5.92. The van der Waals surface area contributed by atoms with Gasteiger partial charge in [-0.15, -0.1) is 0 Å². The number of hydrogen-bond acceptors (Lipinski definition) is 3. The molecular weight excluding hydrogens is 192 g/mol. The molecule has 0 saturated heterocycles. The van der Waals surface area contributed by atoms with Gasteiger partial charge in [-0.1, -0.05) is 0 Å². The van der Waals surface area contributed by atoms with Gasteiger partial charge in [-0.2, -0.15) is 17.8 Å². The second-order valence-corrected chi connectivity index (χ2v) is 4.68. The van der Waals surface area contributed by atoms with Gasteiger partial charge in [0.15, 0.2) is 0 Å². The maximum absolute atomic E-state index is 11.3. The summed E-state index contributed by atoms with van der Waals surface area (Å²) in [4.78, 5) is 0. The second kappa shape index (κ2) is 3.35. The Morgan fingerprint density at radius 1 is 1.54 bits per heavy atom. The van der Waals surface area contributed by atoms with Crippen LogP contribution in [-0.2, 0) is 17.3 Å². The zero-order valence-electron chi connectivity index (χ0n) is 7.72. The predicted molar refractivity (Wildman–Crippen MR) is 49.4 cm³/mol. The quantitative estimate of drug-likeness (QED) is 0.731. The molecule has 1 aromatic rings. The van der Waals surface area contributed by atoms with Crippen molar-refractivity contribution >= 4 is 15.9 Å². The Hall–Kier alpha value is -1.08. The number of rotatable bonds is 3. The van der Waals surface area contributed by atoms with E-state index in [4.69, 9.17) is 0 Å². The third kappa shape index (κ3) is 2.43. The molecule has 0 aliphatic heterocycles. The molecule has 1 rings (SSSR count). The van der Waals surface area contributed by atoms with Crippen molar-refractivity contribution in [3.05, 3.63) is 12.4 Å². The molecule has 0 aliphatic carbocycles. The summed E-state index contributed by atoms with van der Waals surface area (Å²) in [5.41, 5.74) is 0.455. The molecule has 0 fully saturated rings. The van der Waals surface area contributed by atoms with Crippen LogP contribution in [0.4, 0.5) is 5.69 Å². The van der Waals surface area contributed by atoms with E-state index in [0.717, 1.165) is 4.31 Å². The Kier molecular flexibility index (Phi) is 2.58. The topological polar surface area (TPSA) is 67.2 Å². The molecule has 0 radical (unpaired) electrons. The zero-order valence-corrected chi connectivity index (χ0v) is 8.54. The van der Waals surface area contributed by atoms with Crippen LogP contribution in [0.1, 0.15) is 0 Å². The minimum Gasteiger partial charge on any atom is -0.274 e. The highest BCUT2D eigenvalue weighted by molar-refractivity contribution is 7.90. The molecule has 1 heterocycles. The second-order valence-electron chi connectivity index (χ2n) is 2.79. The average molecular weight is 204 g/mol. The Bertz CT molecular complexity index is 381. The Morgan fingerprint density at radius 3 is 2.54 bits per heavy atom. The maximum atomic E-state index is 11.3. The summed E-state index contributed by atoms with van der Waals surface area (Å²) in [6.07, 6.45) is 3.03. The fourth-order valence-electron chi connectivity index (χ4n) is 0.714. The van der Waals surface area contributed by atoms with Crippen molar-refractivity contribution < 1.29 is 8.42 Å². The first kappa shape index (κ1) is 10.0. The SMILES string of the molecule is CN(C)S(=O)(=O)Nc1cnn(C)c1. The molecule has 0 spiro atoms. The van der Waals surface area contributed by atoms with Gasteiger partial charge in [0.05, 0.1) is 11.9 Å². The van der Waals surface area contributed by atoms with E-state index < -0.39 is 10.2 Å². The molecule has 0 bridgehead atoms. The first-order valence-corrected chi connectivity index (χ1v) is 5.05. The van der Waals surface area contributed by atoms with E-state index in [9.17, 15) is 8.42 Å². The van der Waals surface area contributed by atoms with Gasteiger partial charge in [-0.25, -0.2) is 0 Å². The lowest BCUT2D eigenvalue weighted by Crippen LogP contribution is -2.28. The van der Waals surface area contributed by atoms with Gasteiger partial charge in [-0.3, -0.25) is 9.40 Å². The van der Waals surface area contributed by atoms with E-state index in [1.54, 1.807) is 13.2 Å². The Labute approximate surface area is 77.3 Å². The minimum atomic E-state index is -3.41. The van der Waals surface area contributed by atoms with Crippen LogP contribution in [0, 0.1) is 0 Å². The van der Waals surface area contributed by atoms with Gasteiger partial charge in [0, 0.05) is 27.3 Å². The number of nitrogens with zero attached hydrogens (tertiary/aromatic N) is 3. The lowest BCUT2D eigenvalue weighted by atomic mass is 10.6. The van der Waals surface area contributed by atoms with Gasteiger partial charge < -0.3 is 0 Å². The highest BCUT2D eigenvalue weighted by atomic mass is 32.2. The van der Waals surface area contributed by atoms with Crippen molar-refractivity contribution in [1.29, 1.82) is 0 Å². The van der Waals surface area contributed by atoms with Crippen LogP contribution >= 0.6 is 0 Å². The van der Waals surface area contributed by atoms with Crippen LogP contribution in [-0.4, -0.2) is 36.6 Å². The highest BCUT2D eigenvalue weighted by Gasteiger charge is 2.13. The van der Waals surface area contributed by atoms with Crippen LogP contribution in [0.25, 0.3) is 0 Å². The summed E-state index contributed by atoms with van der Waals surface area (Å²) >= 11 is 0. The number of aryl methyl sites for hydroxylation is 1. The summed E-state index contributed by atoms with van der Waals surface area (Å²) < 4.78 is 27.5.